The molecule has 0 unspecified atom stereocenters. The molecule has 0 aliphatic rings. The van der Waals surface area contributed by atoms with E-state index in [2.05, 4.69) is 5.32 Å². The molecule has 0 bridgehead atoms. The fourth-order valence-electron chi connectivity index (χ4n) is 2.35. The molecule has 1 N–H and O–H groups in total. The maximum Gasteiger partial charge on any atom is 0.262 e. The average molecular weight is 376 g/mol. The topological polar surface area (TPSA) is 75.7 Å². The van der Waals surface area contributed by atoms with Gasteiger partial charge in [0.2, 0.25) is 10.0 Å². The monoisotopic (exact) mass is 376 g/mol. The van der Waals surface area contributed by atoms with E-state index in [1.54, 1.807) is 24.3 Å². The first kappa shape index (κ1) is 19.9. The van der Waals surface area contributed by atoms with Crippen molar-refractivity contribution < 1.29 is 17.9 Å². The van der Waals surface area contributed by atoms with Crippen molar-refractivity contribution in [3.8, 4) is 5.75 Å². The van der Waals surface area contributed by atoms with Gasteiger partial charge in [0.25, 0.3) is 5.91 Å². The minimum atomic E-state index is -3.22. The third-order valence-corrected chi connectivity index (χ3v) is 5.18. The third-order valence-electron chi connectivity index (χ3n) is 3.92. The van der Waals surface area contributed by atoms with E-state index in [1.807, 2.05) is 32.0 Å². The lowest BCUT2D eigenvalue weighted by Gasteiger charge is -2.14. The second kappa shape index (κ2) is 8.33. The molecule has 2 rings (SSSR count). The second-order valence-corrected chi connectivity index (χ2v) is 8.41. The van der Waals surface area contributed by atoms with Gasteiger partial charge in [-0.2, -0.15) is 0 Å². The predicted molar refractivity (Wildman–Crippen MR) is 103 cm³/mol. The molecule has 2 aromatic rings. The van der Waals surface area contributed by atoms with E-state index in [9.17, 15) is 13.2 Å². The number of sulfonamides is 1. The number of rotatable bonds is 7. The highest BCUT2D eigenvalue weighted by molar-refractivity contribution is 7.88. The summed E-state index contributed by atoms with van der Waals surface area (Å²) in [5.74, 6) is 0.310. The fourth-order valence-corrected chi connectivity index (χ4v) is 2.74. The first-order chi connectivity index (χ1) is 12.1. The summed E-state index contributed by atoms with van der Waals surface area (Å²) in [4.78, 5) is 12.0. The number of carbonyl (C=O) groups excluding carboxylic acids is 1. The van der Waals surface area contributed by atoms with Crippen LogP contribution < -0.4 is 10.1 Å². The van der Waals surface area contributed by atoms with E-state index < -0.39 is 10.0 Å². The zero-order valence-corrected chi connectivity index (χ0v) is 16.3. The molecule has 0 aliphatic heterocycles. The standard InChI is InChI=1S/C19H24N2O4S/c1-14-5-10-18(15(2)11-14)20-19(22)13-25-17-8-6-16(7-9-17)12-21(3)26(4,23)24/h5-11H,12-13H2,1-4H3,(H,20,22). The van der Waals surface area contributed by atoms with Crippen LogP contribution in [0.15, 0.2) is 42.5 Å². The summed E-state index contributed by atoms with van der Waals surface area (Å²) in [5.41, 5.74) is 3.74. The van der Waals surface area contributed by atoms with Gasteiger partial charge in [0, 0.05) is 19.3 Å². The molecular formula is C19H24N2O4S. The van der Waals surface area contributed by atoms with Crippen LogP contribution in [0.4, 0.5) is 5.69 Å². The minimum absolute atomic E-state index is 0.101. The van der Waals surface area contributed by atoms with Crippen LogP contribution in [0.5, 0.6) is 5.75 Å². The van der Waals surface area contributed by atoms with Gasteiger partial charge in [0.15, 0.2) is 6.61 Å². The van der Waals surface area contributed by atoms with Crippen molar-refractivity contribution >= 4 is 21.6 Å². The van der Waals surface area contributed by atoms with E-state index in [1.165, 1.54) is 17.6 Å². The van der Waals surface area contributed by atoms with Crippen LogP contribution in [-0.2, 0) is 21.4 Å². The molecule has 1 amide bonds. The van der Waals surface area contributed by atoms with Crippen molar-refractivity contribution in [2.24, 2.45) is 0 Å². The van der Waals surface area contributed by atoms with Crippen molar-refractivity contribution in [2.75, 3.05) is 25.2 Å². The molecule has 140 valence electrons. The number of carbonyl (C=O) groups is 1. The quantitative estimate of drug-likeness (QED) is 0.806. The maximum atomic E-state index is 12.0. The molecule has 0 atom stereocenters. The summed E-state index contributed by atoms with van der Waals surface area (Å²) in [6.07, 6.45) is 1.17. The summed E-state index contributed by atoms with van der Waals surface area (Å²) in [5, 5.41) is 2.82. The Hall–Kier alpha value is -2.38. The van der Waals surface area contributed by atoms with E-state index in [0.717, 1.165) is 22.4 Å². The number of ether oxygens (including phenoxy) is 1. The molecule has 0 radical (unpaired) electrons. The lowest BCUT2D eigenvalue weighted by molar-refractivity contribution is -0.118. The fraction of sp³-hybridized carbons (Fsp3) is 0.316. The van der Waals surface area contributed by atoms with Crippen LogP contribution in [0.25, 0.3) is 0 Å². The van der Waals surface area contributed by atoms with Gasteiger partial charge in [-0.05, 0) is 43.2 Å². The van der Waals surface area contributed by atoms with Gasteiger partial charge in [-0.1, -0.05) is 29.8 Å². The van der Waals surface area contributed by atoms with Gasteiger partial charge in [0.05, 0.1) is 6.26 Å². The van der Waals surface area contributed by atoms with Crippen LogP contribution in [0, 0.1) is 13.8 Å². The minimum Gasteiger partial charge on any atom is -0.484 e. The number of nitrogens with zero attached hydrogens (tertiary/aromatic N) is 1. The molecule has 0 saturated heterocycles. The van der Waals surface area contributed by atoms with Gasteiger partial charge < -0.3 is 10.1 Å². The van der Waals surface area contributed by atoms with Gasteiger partial charge >= 0.3 is 0 Å². The van der Waals surface area contributed by atoms with Crippen LogP contribution in [0.3, 0.4) is 0 Å². The molecule has 2 aromatic carbocycles. The Kier molecular flexibility index (Phi) is 6.39. The van der Waals surface area contributed by atoms with Gasteiger partial charge in [-0.3, -0.25) is 4.79 Å². The lowest BCUT2D eigenvalue weighted by atomic mass is 10.1. The molecule has 0 fully saturated rings. The van der Waals surface area contributed by atoms with Crippen molar-refractivity contribution in [2.45, 2.75) is 20.4 Å². The number of hydrogen-bond donors (Lipinski definition) is 1. The SMILES string of the molecule is Cc1ccc(NC(=O)COc2ccc(CN(C)S(C)(=O)=O)cc2)c(C)c1. The number of amides is 1. The van der Waals surface area contributed by atoms with Gasteiger partial charge in [-0.15, -0.1) is 0 Å². The Morgan fingerprint density at radius 2 is 1.77 bits per heavy atom. The molecule has 0 heterocycles. The third kappa shape index (κ3) is 5.86. The molecular weight excluding hydrogens is 352 g/mol. The van der Waals surface area contributed by atoms with Crippen LogP contribution in [-0.4, -0.2) is 38.5 Å². The normalized spacial score (nSPS) is 11.4. The van der Waals surface area contributed by atoms with E-state index in [4.69, 9.17) is 4.74 Å². The summed E-state index contributed by atoms with van der Waals surface area (Å²) < 4.78 is 29.6. The first-order valence-corrected chi connectivity index (χ1v) is 10.00. The van der Waals surface area contributed by atoms with Crippen molar-refractivity contribution in [3.05, 3.63) is 59.2 Å². The van der Waals surface area contributed by atoms with Crippen LogP contribution in [0.2, 0.25) is 0 Å². The van der Waals surface area contributed by atoms with Gasteiger partial charge in [-0.25, -0.2) is 12.7 Å². The molecule has 0 saturated carbocycles. The molecule has 0 aliphatic carbocycles. The summed E-state index contributed by atoms with van der Waals surface area (Å²) in [6, 6.07) is 12.8. The Balaban J connectivity index is 1.88. The van der Waals surface area contributed by atoms with Crippen molar-refractivity contribution in [1.29, 1.82) is 0 Å². The highest BCUT2D eigenvalue weighted by Crippen LogP contribution is 2.17. The zero-order chi connectivity index (χ0) is 19.3. The molecule has 0 aromatic heterocycles. The van der Waals surface area contributed by atoms with Crippen LogP contribution >= 0.6 is 0 Å². The number of nitrogens with one attached hydrogen (secondary N) is 1. The summed E-state index contributed by atoms with van der Waals surface area (Å²) >= 11 is 0. The summed E-state index contributed by atoms with van der Waals surface area (Å²) in [7, 11) is -1.69. The predicted octanol–water partition coefficient (Wildman–Crippen LogP) is 2.71. The smallest absolute Gasteiger partial charge is 0.262 e. The molecule has 0 spiro atoms. The van der Waals surface area contributed by atoms with Gasteiger partial charge in [0.1, 0.15) is 5.75 Å². The number of anilines is 1. The molecule has 6 nitrogen and oxygen atoms in total. The van der Waals surface area contributed by atoms with E-state index >= 15 is 0 Å². The number of aryl methyl sites for hydroxylation is 2. The molecule has 26 heavy (non-hydrogen) atoms. The van der Waals surface area contributed by atoms with E-state index in [-0.39, 0.29) is 19.1 Å². The Morgan fingerprint density at radius 3 is 2.35 bits per heavy atom. The largest absolute Gasteiger partial charge is 0.484 e. The second-order valence-electron chi connectivity index (χ2n) is 6.32. The number of hydrogen-bond acceptors (Lipinski definition) is 4. The zero-order valence-electron chi connectivity index (χ0n) is 15.4. The Morgan fingerprint density at radius 1 is 1.12 bits per heavy atom. The highest BCUT2D eigenvalue weighted by Gasteiger charge is 2.11. The van der Waals surface area contributed by atoms with Crippen molar-refractivity contribution in [1.82, 2.24) is 4.31 Å². The Labute approximate surface area is 154 Å². The Bertz CT molecular complexity index is 877. The lowest BCUT2D eigenvalue weighted by Crippen LogP contribution is -2.24. The molecule has 7 heteroatoms. The van der Waals surface area contributed by atoms with E-state index in [0.29, 0.717) is 5.75 Å². The van der Waals surface area contributed by atoms with Crippen LogP contribution in [0.1, 0.15) is 16.7 Å². The van der Waals surface area contributed by atoms with Crippen molar-refractivity contribution in [3.63, 3.8) is 0 Å². The highest BCUT2D eigenvalue weighted by atomic mass is 32.2. The maximum absolute atomic E-state index is 12.0. The summed E-state index contributed by atoms with van der Waals surface area (Å²) in [6.45, 7) is 4.12. The first-order valence-electron chi connectivity index (χ1n) is 8.15. The average Bonchev–Trinajstić information content (AvgIpc) is 2.56. The number of benzene rings is 2.